The first-order valence-corrected chi connectivity index (χ1v) is 4.69. The average Bonchev–Trinajstić information content (AvgIpc) is 2.53. The summed E-state index contributed by atoms with van der Waals surface area (Å²) in [5.74, 6) is 2.50. The van der Waals surface area contributed by atoms with Crippen molar-refractivity contribution in [3.63, 3.8) is 0 Å². The van der Waals surface area contributed by atoms with E-state index in [0.717, 1.165) is 12.2 Å². The lowest BCUT2D eigenvalue weighted by atomic mass is 9.91. The van der Waals surface area contributed by atoms with Crippen LogP contribution in [0, 0.1) is 5.92 Å². The van der Waals surface area contributed by atoms with Crippen molar-refractivity contribution in [3.05, 3.63) is 11.8 Å². The fraction of sp³-hybridized carbons (Fsp3) is 0.700. The molecule has 0 aliphatic carbocycles. The molecule has 0 saturated carbocycles. The van der Waals surface area contributed by atoms with E-state index in [4.69, 9.17) is 9.26 Å². The van der Waals surface area contributed by atoms with E-state index in [-0.39, 0.29) is 0 Å². The van der Waals surface area contributed by atoms with Crippen LogP contribution in [-0.4, -0.2) is 12.3 Å². The summed E-state index contributed by atoms with van der Waals surface area (Å²) in [5.41, 5.74) is 0. The SMILES string of the molecule is CC[C@@H](c1cc(OC)no1)C(C)C. The summed E-state index contributed by atoms with van der Waals surface area (Å²) in [6, 6.07) is 1.87. The van der Waals surface area contributed by atoms with E-state index < -0.39 is 0 Å². The van der Waals surface area contributed by atoms with E-state index in [0.29, 0.717) is 17.7 Å². The Balaban J connectivity index is 2.79. The molecule has 3 heteroatoms. The predicted octanol–water partition coefficient (Wildman–Crippen LogP) is 2.83. The zero-order chi connectivity index (χ0) is 9.84. The van der Waals surface area contributed by atoms with Crippen molar-refractivity contribution < 1.29 is 9.26 Å². The highest BCUT2D eigenvalue weighted by atomic mass is 16.5. The first-order valence-electron chi connectivity index (χ1n) is 4.69. The molecule has 0 aliphatic rings. The number of hydrogen-bond donors (Lipinski definition) is 0. The van der Waals surface area contributed by atoms with Crippen LogP contribution in [0.15, 0.2) is 10.6 Å². The van der Waals surface area contributed by atoms with Gasteiger partial charge in [-0.2, -0.15) is 0 Å². The fourth-order valence-electron chi connectivity index (χ4n) is 1.54. The van der Waals surface area contributed by atoms with Gasteiger partial charge in [-0.1, -0.05) is 20.8 Å². The van der Waals surface area contributed by atoms with Gasteiger partial charge in [0.05, 0.1) is 7.11 Å². The molecule has 3 nitrogen and oxygen atoms in total. The minimum atomic E-state index is 0.441. The Morgan fingerprint density at radius 2 is 2.23 bits per heavy atom. The number of methoxy groups -OCH3 is 1. The highest BCUT2D eigenvalue weighted by Crippen LogP contribution is 2.29. The third kappa shape index (κ3) is 2.23. The molecule has 0 fully saturated rings. The van der Waals surface area contributed by atoms with Crippen LogP contribution in [0.4, 0.5) is 0 Å². The molecule has 74 valence electrons. The van der Waals surface area contributed by atoms with E-state index in [2.05, 4.69) is 25.9 Å². The van der Waals surface area contributed by atoms with Crippen molar-refractivity contribution in [1.82, 2.24) is 5.16 Å². The highest BCUT2D eigenvalue weighted by molar-refractivity contribution is 5.14. The Morgan fingerprint density at radius 3 is 2.62 bits per heavy atom. The lowest BCUT2D eigenvalue weighted by Gasteiger charge is -2.14. The van der Waals surface area contributed by atoms with E-state index >= 15 is 0 Å². The van der Waals surface area contributed by atoms with Crippen LogP contribution in [0.2, 0.25) is 0 Å². The molecule has 0 spiro atoms. The lowest BCUT2D eigenvalue weighted by molar-refractivity contribution is 0.299. The molecule has 0 unspecified atom stereocenters. The molecule has 0 radical (unpaired) electrons. The van der Waals surface area contributed by atoms with E-state index in [9.17, 15) is 0 Å². The van der Waals surface area contributed by atoms with Gasteiger partial charge in [0.15, 0.2) is 0 Å². The van der Waals surface area contributed by atoms with Gasteiger partial charge in [-0.3, -0.25) is 0 Å². The van der Waals surface area contributed by atoms with E-state index in [1.807, 2.05) is 6.07 Å². The largest absolute Gasteiger partial charge is 0.479 e. The van der Waals surface area contributed by atoms with Gasteiger partial charge in [0.2, 0.25) is 0 Å². The molecule has 13 heavy (non-hydrogen) atoms. The first kappa shape index (κ1) is 10.1. The molecule has 0 amide bonds. The molecule has 0 bridgehead atoms. The maximum absolute atomic E-state index is 5.19. The molecule has 0 aromatic carbocycles. The molecular weight excluding hydrogens is 166 g/mol. The third-order valence-corrected chi connectivity index (χ3v) is 2.33. The number of hydrogen-bond acceptors (Lipinski definition) is 3. The van der Waals surface area contributed by atoms with Crippen molar-refractivity contribution in [1.29, 1.82) is 0 Å². The Kier molecular flexibility index (Phi) is 3.34. The standard InChI is InChI=1S/C10H17NO2/c1-5-8(7(2)3)9-6-10(12-4)11-13-9/h6-8H,5H2,1-4H3/t8-/m1/s1. The number of rotatable bonds is 4. The van der Waals surface area contributed by atoms with Gasteiger partial charge >= 0.3 is 0 Å². The molecule has 1 atom stereocenters. The maximum atomic E-state index is 5.19. The summed E-state index contributed by atoms with van der Waals surface area (Å²) in [6.07, 6.45) is 1.07. The van der Waals surface area contributed by atoms with E-state index in [1.54, 1.807) is 7.11 Å². The van der Waals surface area contributed by atoms with E-state index in [1.165, 1.54) is 0 Å². The lowest BCUT2D eigenvalue weighted by Crippen LogP contribution is -2.03. The summed E-state index contributed by atoms with van der Waals surface area (Å²) in [4.78, 5) is 0. The number of nitrogens with zero attached hydrogens (tertiary/aromatic N) is 1. The number of ether oxygens (including phenoxy) is 1. The topological polar surface area (TPSA) is 35.3 Å². The van der Waals surface area contributed by atoms with Crippen LogP contribution in [0.5, 0.6) is 5.88 Å². The minimum Gasteiger partial charge on any atom is -0.479 e. The summed E-state index contributed by atoms with van der Waals surface area (Å²) in [5, 5.41) is 3.79. The zero-order valence-corrected chi connectivity index (χ0v) is 8.70. The van der Waals surface area contributed by atoms with Crippen molar-refractivity contribution in [2.24, 2.45) is 5.92 Å². The summed E-state index contributed by atoms with van der Waals surface area (Å²) < 4.78 is 10.2. The van der Waals surface area contributed by atoms with Crippen LogP contribution in [0.3, 0.4) is 0 Å². The molecule has 0 saturated heterocycles. The van der Waals surface area contributed by atoms with Crippen LogP contribution < -0.4 is 4.74 Å². The van der Waals surface area contributed by atoms with Crippen LogP contribution >= 0.6 is 0 Å². The molecule has 0 N–H and O–H groups in total. The van der Waals surface area contributed by atoms with Crippen molar-refractivity contribution >= 4 is 0 Å². The van der Waals surface area contributed by atoms with Gasteiger partial charge in [0, 0.05) is 12.0 Å². The summed E-state index contributed by atoms with van der Waals surface area (Å²) >= 11 is 0. The van der Waals surface area contributed by atoms with Crippen LogP contribution in [0.1, 0.15) is 38.9 Å². The second-order valence-electron chi connectivity index (χ2n) is 3.53. The molecule has 1 aromatic rings. The molecule has 1 rings (SSSR count). The molecule has 0 aliphatic heterocycles. The van der Waals surface area contributed by atoms with Gasteiger partial charge < -0.3 is 9.26 Å². The van der Waals surface area contributed by atoms with Crippen LogP contribution in [-0.2, 0) is 0 Å². The summed E-state index contributed by atoms with van der Waals surface area (Å²) in [6.45, 7) is 6.52. The Hall–Kier alpha value is -0.990. The van der Waals surface area contributed by atoms with Gasteiger partial charge in [-0.05, 0) is 17.5 Å². The molecule has 1 aromatic heterocycles. The first-order chi connectivity index (χ1) is 6.19. The van der Waals surface area contributed by atoms with Gasteiger partial charge in [0.1, 0.15) is 5.76 Å². The normalized spacial score (nSPS) is 13.3. The van der Waals surface area contributed by atoms with Crippen LogP contribution in [0.25, 0.3) is 0 Å². The average molecular weight is 183 g/mol. The molecule has 1 heterocycles. The van der Waals surface area contributed by atoms with Crippen molar-refractivity contribution in [2.75, 3.05) is 7.11 Å². The molecular formula is C10H17NO2. The van der Waals surface area contributed by atoms with Gasteiger partial charge in [0.25, 0.3) is 5.88 Å². The van der Waals surface area contributed by atoms with Gasteiger partial charge in [-0.25, -0.2) is 0 Å². The minimum absolute atomic E-state index is 0.441. The fourth-order valence-corrected chi connectivity index (χ4v) is 1.54. The Bertz CT molecular complexity index is 255. The maximum Gasteiger partial charge on any atom is 0.254 e. The second-order valence-corrected chi connectivity index (χ2v) is 3.53. The number of aromatic nitrogens is 1. The third-order valence-electron chi connectivity index (χ3n) is 2.33. The monoisotopic (exact) mass is 183 g/mol. The highest BCUT2D eigenvalue weighted by Gasteiger charge is 2.18. The van der Waals surface area contributed by atoms with Crippen molar-refractivity contribution in [3.8, 4) is 5.88 Å². The Labute approximate surface area is 79.1 Å². The Morgan fingerprint density at radius 1 is 1.54 bits per heavy atom. The predicted molar refractivity (Wildman–Crippen MR) is 50.9 cm³/mol. The second kappa shape index (κ2) is 4.30. The zero-order valence-electron chi connectivity index (χ0n) is 8.70. The quantitative estimate of drug-likeness (QED) is 0.720. The van der Waals surface area contributed by atoms with Gasteiger partial charge in [-0.15, -0.1) is 0 Å². The smallest absolute Gasteiger partial charge is 0.254 e. The van der Waals surface area contributed by atoms with Crippen molar-refractivity contribution in [2.45, 2.75) is 33.1 Å². The summed E-state index contributed by atoms with van der Waals surface area (Å²) in [7, 11) is 1.60.